The Morgan fingerprint density at radius 2 is 1.81 bits per heavy atom. The predicted octanol–water partition coefficient (Wildman–Crippen LogP) is 4.13. The van der Waals surface area contributed by atoms with E-state index in [0.29, 0.717) is 25.1 Å². The zero-order valence-corrected chi connectivity index (χ0v) is 14.4. The highest BCUT2D eigenvalue weighted by atomic mass is 19.1. The van der Waals surface area contributed by atoms with Gasteiger partial charge < -0.3 is 4.90 Å². The van der Waals surface area contributed by atoms with Crippen molar-refractivity contribution in [2.75, 3.05) is 13.1 Å². The zero-order chi connectivity index (χ0) is 17.9. The van der Waals surface area contributed by atoms with Gasteiger partial charge in [-0.25, -0.2) is 4.39 Å². The molecule has 1 aliphatic heterocycles. The van der Waals surface area contributed by atoms with Crippen molar-refractivity contribution in [1.82, 2.24) is 9.88 Å². The van der Waals surface area contributed by atoms with Gasteiger partial charge in [0, 0.05) is 31.0 Å². The topological polar surface area (TPSA) is 33.2 Å². The zero-order valence-electron chi connectivity index (χ0n) is 14.4. The molecule has 4 heteroatoms. The maximum absolute atomic E-state index is 13.8. The fraction of sp³-hybridized carbons (Fsp3) is 0.182. The van der Waals surface area contributed by atoms with Gasteiger partial charge in [0.1, 0.15) is 5.82 Å². The molecule has 1 amide bonds. The van der Waals surface area contributed by atoms with E-state index in [0.717, 1.165) is 28.7 Å². The third-order valence-corrected chi connectivity index (χ3v) is 4.90. The molecule has 2 heterocycles. The second-order valence-corrected chi connectivity index (χ2v) is 6.49. The third-order valence-electron chi connectivity index (χ3n) is 4.90. The summed E-state index contributed by atoms with van der Waals surface area (Å²) in [7, 11) is 0. The first-order chi connectivity index (χ1) is 12.7. The molecule has 0 spiro atoms. The van der Waals surface area contributed by atoms with Crippen molar-refractivity contribution in [2.24, 2.45) is 0 Å². The summed E-state index contributed by atoms with van der Waals surface area (Å²) in [4.78, 5) is 18.7. The molecule has 3 nitrogen and oxygen atoms in total. The van der Waals surface area contributed by atoms with Gasteiger partial charge in [0.25, 0.3) is 5.91 Å². The average molecular weight is 346 g/mol. The van der Waals surface area contributed by atoms with Crippen LogP contribution in [-0.4, -0.2) is 28.9 Å². The maximum atomic E-state index is 13.8. The minimum absolute atomic E-state index is 0.0314. The molecule has 26 heavy (non-hydrogen) atoms. The van der Waals surface area contributed by atoms with Crippen molar-refractivity contribution in [3.8, 4) is 11.1 Å². The molecular formula is C22H19FN2O. The summed E-state index contributed by atoms with van der Waals surface area (Å²) in [5.74, 6) is -0.178. The van der Waals surface area contributed by atoms with E-state index in [1.54, 1.807) is 24.5 Å². The Labute approximate surface area is 152 Å². The van der Waals surface area contributed by atoms with Gasteiger partial charge in [-0.05, 0) is 59.4 Å². The molecular weight excluding hydrogens is 327 g/mol. The molecule has 0 bridgehead atoms. The first-order valence-corrected chi connectivity index (χ1v) is 8.78. The molecule has 0 fully saturated rings. The van der Waals surface area contributed by atoms with Gasteiger partial charge in [0.2, 0.25) is 0 Å². The Kier molecular flexibility index (Phi) is 4.48. The number of hydrogen-bond donors (Lipinski definition) is 0. The van der Waals surface area contributed by atoms with E-state index in [1.807, 2.05) is 35.2 Å². The first kappa shape index (κ1) is 16.5. The van der Waals surface area contributed by atoms with Gasteiger partial charge in [0.05, 0.1) is 0 Å². The summed E-state index contributed by atoms with van der Waals surface area (Å²) in [6.07, 6.45) is 4.88. The van der Waals surface area contributed by atoms with Crippen LogP contribution in [0.1, 0.15) is 21.5 Å². The van der Waals surface area contributed by atoms with Crippen molar-refractivity contribution in [3.05, 3.63) is 89.5 Å². The van der Waals surface area contributed by atoms with E-state index in [-0.39, 0.29) is 11.7 Å². The van der Waals surface area contributed by atoms with Crippen LogP contribution in [-0.2, 0) is 12.8 Å². The monoisotopic (exact) mass is 346 g/mol. The molecule has 0 unspecified atom stereocenters. The molecule has 0 atom stereocenters. The van der Waals surface area contributed by atoms with Gasteiger partial charge >= 0.3 is 0 Å². The third kappa shape index (κ3) is 3.23. The number of halogens is 1. The first-order valence-electron chi connectivity index (χ1n) is 8.78. The number of nitrogens with zero attached hydrogens (tertiary/aromatic N) is 2. The summed E-state index contributed by atoms with van der Waals surface area (Å²) >= 11 is 0. The molecule has 1 aliphatic rings. The summed E-state index contributed by atoms with van der Waals surface area (Å²) in [5.41, 5.74) is 4.67. The molecule has 1 aromatic heterocycles. The highest BCUT2D eigenvalue weighted by molar-refractivity contribution is 5.97. The van der Waals surface area contributed by atoms with Crippen molar-refractivity contribution < 1.29 is 9.18 Å². The van der Waals surface area contributed by atoms with E-state index in [1.165, 1.54) is 6.07 Å². The molecule has 2 aromatic carbocycles. The number of rotatable bonds is 4. The fourth-order valence-corrected chi connectivity index (χ4v) is 3.43. The van der Waals surface area contributed by atoms with Crippen molar-refractivity contribution in [3.63, 3.8) is 0 Å². The number of pyridine rings is 1. The van der Waals surface area contributed by atoms with Crippen LogP contribution >= 0.6 is 0 Å². The normalized spacial score (nSPS) is 13.6. The summed E-state index contributed by atoms with van der Waals surface area (Å²) in [5, 5.41) is 0. The second-order valence-electron chi connectivity index (χ2n) is 6.49. The molecule has 0 aliphatic carbocycles. The molecule has 0 saturated carbocycles. The van der Waals surface area contributed by atoms with Crippen LogP contribution in [0.25, 0.3) is 11.1 Å². The molecule has 0 radical (unpaired) electrons. The van der Waals surface area contributed by atoms with Gasteiger partial charge in [-0.15, -0.1) is 0 Å². The van der Waals surface area contributed by atoms with Crippen molar-refractivity contribution in [2.45, 2.75) is 12.8 Å². The molecule has 3 aromatic rings. The quantitative estimate of drug-likeness (QED) is 0.712. The minimum Gasteiger partial charge on any atom is -0.338 e. The number of fused-ring (bicyclic) bond motifs is 1. The molecule has 0 N–H and O–H groups in total. The lowest BCUT2D eigenvalue weighted by Crippen LogP contribution is -2.38. The largest absolute Gasteiger partial charge is 0.338 e. The summed E-state index contributed by atoms with van der Waals surface area (Å²) in [6, 6.07) is 16.7. The van der Waals surface area contributed by atoms with Crippen LogP contribution in [0, 0.1) is 5.82 Å². The van der Waals surface area contributed by atoms with Gasteiger partial charge in [-0.3, -0.25) is 9.78 Å². The van der Waals surface area contributed by atoms with Gasteiger partial charge in [-0.2, -0.15) is 0 Å². The standard InChI is InChI=1S/C22H19FN2O/c23-21-4-2-1-3-17(21)9-13-25-14-10-19-15-18(5-6-20(19)22(25)26)16-7-11-24-12-8-16/h1-8,11-12,15H,9-10,13-14H2. The lowest BCUT2D eigenvalue weighted by molar-refractivity contribution is 0.0741. The highest BCUT2D eigenvalue weighted by Gasteiger charge is 2.24. The smallest absolute Gasteiger partial charge is 0.254 e. The Morgan fingerprint density at radius 1 is 1.00 bits per heavy atom. The van der Waals surface area contributed by atoms with E-state index in [2.05, 4.69) is 11.1 Å². The van der Waals surface area contributed by atoms with Crippen molar-refractivity contribution in [1.29, 1.82) is 0 Å². The number of carbonyl (C=O) groups excluding carboxylic acids is 1. The van der Waals surface area contributed by atoms with Crippen LogP contribution < -0.4 is 0 Å². The van der Waals surface area contributed by atoms with E-state index in [4.69, 9.17) is 0 Å². The molecule has 0 saturated heterocycles. The number of aromatic nitrogens is 1. The van der Waals surface area contributed by atoms with E-state index in [9.17, 15) is 9.18 Å². The van der Waals surface area contributed by atoms with Crippen molar-refractivity contribution >= 4 is 5.91 Å². The number of carbonyl (C=O) groups is 1. The lowest BCUT2D eigenvalue weighted by atomic mass is 9.94. The predicted molar refractivity (Wildman–Crippen MR) is 99.4 cm³/mol. The van der Waals surface area contributed by atoms with Crippen LogP contribution in [0.2, 0.25) is 0 Å². The highest BCUT2D eigenvalue weighted by Crippen LogP contribution is 2.26. The summed E-state index contributed by atoms with van der Waals surface area (Å²) in [6.45, 7) is 1.20. The maximum Gasteiger partial charge on any atom is 0.254 e. The number of hydrogen-bond acceptors (Lipinski definition) is 2. The Bertz CT molecular complexity index is 940. The number of amides is 1. The summed E-state index contributed by atoms with van der Waals surface area (Å²) < 4.78 is 13.8. The molecule has 4 rings (SSSR count). The number of benzene rings is 2. The minimum atomic E-state index is -0.209. The van der Waals surface area contributed by atoms with Gasteiger partial charge in [-0.1, -0.05) is 30.3 Å². The Morgan fingerprint density at radius 3 is 2.62 bits per heavy atom. The fourth-order valence-electron chi connectivity index (χ4n) is 3.43. The lowest BCUT2D eigenvalue weighted by Gasteiger charge is -2.29. The SMILES string of the molecule is O=C1c2ccc(-c3ccncc3)cc2CCN1CCc1ccccc1F. The van der Waals surface area contributed by atoms with Crippen LogP contribution in [0.5, 0.6) is 0 Å². The van der Waals surface area contributed by atoms with E-state index >= 15 is 0 Å². The Hall–Kier alpha value is -3.01. The second kappa shape index (κ2) is 7.08. The van der Waals surface area contributed by atoms with Crippen LogP contribution in [0.3, 0.4) is 0 Å². The average Bonchev–Trinajstić information content (AvgIpc) is 2.69. The van der Waals surface area contributed by atoms with Crippen LogP contribution in [0.4, 0.5) is 4.39 Å². The molecule has 130 valence electrons. The van der Waals surface area contributed by atoms with E-state index < -0.39 is 0 Å². The van der Waals surface area contributed by atoms with Crippen LogP contribution in [0.15, 0.2) is 67.0 Å². The Balaban J connectivity index is 1.51. The van der Waals surface area contributed by atoms with Gasteiger partial charge in [0.15, 0.2) is 0 Å².